The van der Waals surface area contributed by atoms with Crippen LogP contribution in [-0.4, -0.2) is 48.1 Å². The first kappa shape index (κ1) is 31.2. The van der Waals surface area contributed by atoms with E-state index in [1.54, 1.807) is 12.5 Å². The smallest absolute Gasteiger partial charge is 0.325 e. The molecule has 0 bridgehead atoms. The van der Waals surface area contributed by atoms with Crippen LogP contribution in [0.5, 0.6) is 5.75 Å². The number of hydrogen-bond donors (Lipinski definition) is 1. The van der Waals surface area contributed by atoms with E-state index in [1.807, 2.05) is 37.3 Å². The summed E-state index contributed by atoms with van der Waals surface area (Å²) in [7, 11) is 0. The Morgan fingerprint density at radius 1 is 0.977 bits per heavy atom. The van der Waals surface area contributed by atoms with Crippen LogP contribution in [-0.2, 0) is 22.6 Å². The Bertz CT molecular complexity index is 1420. The maximum atomic E-state index is 13.2. The van der Waals surface area contributed by atoms with Gasteiger partial charge in [0.05, 0.1) is 12.3 Å². The fraction of sp³-hybridized carbons (Fsp3) is 0.444. The number of rotatable bonds is 11. The summed E-state index contributed by atoms with van der Waals surface area (Å²) in [4.78, 5) is 37.0. The Balaban J connectivity index is 1.22. The predicted octanol–water partition coefficient (Wildman–Crippen LogP) is 6.46. The molecule has 0 spiro atoms. The molecule has 8 heteroatoms. The van der Waals surface area contributed by atoms with Crippen LogP contribution in [0.4, 0.5) is 5.69 Å². The van der Waals surface area contributed by atoms with Gasteiger partial charge in [0.1, 0.15) is 19.0 Å². The molecule has 1 amide bonds. The van der Waals surface area contributed by atoms with Gasteiger partial charge in [-0.15, -0.1) is 0 Å². The zero-order valence-corrected chi connectivity index (χ0v) is 26.0. The van der Waals surface area contributed by atoms with Gasteiger partial charge in [0, 0.05) is 25.2 Å². The molecule has 1 N–H and O–H groups in total. The number of piperidine rings is 1. The summed E-state index contributed by atoms with van der Waals surface area (Å²) in [6, 6.07) is 18.7. The molecule has 0 unspecified atom stereocenters. The number of anilines is 1. The lowest BCUT2D eigenvalue weighted by atomic mass is 9.92. The monoisotopic (exact) mass is 596 g/mol. The number of allylic oxidation sites excluding steroid dienone is 1. The summed E-state index contributed by atoms with van der Waals surface area (Å²) >= 11 is 0. The number of nitrogens with zero attached hydrogens (tertiary/aromatic N) is 3. The van der Waals surface area contributed by atoms with Gasteiger partial charge in [-0.2, -0.15) is 0 Å². The second-order valence-corrected chi connectivity index (χ2v) is 11.8. The molecule has 1 saturated carbocycles. The first-order valence-electron chi connectivity index (χ1n) is 16.0. The number of carbonyl (C=O) groups is 2. The van der Waals surface area contributed by atoms with Crippen LogP contribution >= 0.6 is 0 Å². The average Bonchev–Trinajstić information content (AvgIpc) is 3.05. The lowest BCUT2D eigenvalue weighted by Gasteiger charge is -2.33. The summed E-state index contributed by atoms with van der Waals surface area (Å²) in [5.74, 6) is 0.379. The highest BCUT2D eigenvalue weighted by Gasteiger charge is 2.25. The number of esters is 1. The van der Waals surface area contributed by atoms with E-state index in [0.29, 0.717) is 29.6 Å². The van der Waals surface area contributed by atoms with Crippen LogP contribution < -0.4 is 15.0 Å². The van der Waals surface area contributed by atoms with E-state index in [0.717, 1.165) is 31.5 Å². The highest BCUT2D eigenvalue weighted by Crippen LogP contribution is 2.29. The van der Waals surface area contributed by atoms with Gasteiger partial charge in [-0.05, 0) is 81.5 Å². The number of aromatic nitrogens is 2. The van der Waals surface area contributed by atoms with Gasteiger partial charge in [-0.1, -0.05) is 60.5 Å². The van der Waals surface area contributed by atoms with E-state index in [9.17, 15) is 9.59 Å². The van der Waals surface area contributed by atoms with Crippen LogP contribution in [0.1, 0.15) is 85.0 Å². The standard InChI is InChI=1S/C36H44N4O4/c1-3-43-33(41)24-37-36(42)34-35(44-25-30-12-8-5-9-13-30)26(2)38-32(39-34)23-29-18-20-40(21-19-29)31-16-14-28(15-17-31)22-27-10-6-4-7-11-27/h5,8-9,12-17,22,29H,3-4,6-7,10-11,18-21,23-25H2,1-2H3,(H,37,42). The third-order valence-corrected chi connectivity index (χ3v) is 8.43. The average molecular weight is 597 g/mol. The molecular formula is C36H44N4O4. The quantitative estimate of drug-likeness (QED) is 0.254. The molecule has 1 saturated heterocycles. The molecule has 2 aliphatic rings. The first-order chi connectivity index (χ1) is 21.5. The number of amides is 1. The molecule has 232 valence electrons. The zero-order chi connectivity index (χ0) is 30.7. The van der Waals surface area contributed by atoms with Crippen LogP contribution in [0.15, 0.2) is 60.2 Å². The van der Waals surface area contributed by atoms with Gasteiger partial charge in [0.2, 0.25) is 0 Å². The van der Waals surface area contributed by atoms with Gasteiger partial charge in [-0.3, -0.25) is 9.59 Å². The summed E-state index contributed by atoms with van der Waals surface area (Å²) in [5.41, 5.74) is 5.86. The van der Waals surface area contributed by atoms with Gasteiger partial charge in [-0.25, -0.2) is 9.97 Å². The lowest BCUT2D eigenvalue weighted by molar-refractivity contribution is -0.141. The maximum Gasteiger partial charge on any atom is 0.325 e. The van der Waals surface area contributed by atoms with Gasteiger partial charge in [0.25, 0.3) is 5.91 Å². The summed E-state index contributed by atoms with van der Waals surface area (Å²) < 4.78 is 11.0. The van der Waals surface area contributed by atoms with Crippen molar-refractivity contribution in [3.63, 3.8) is 0 Å². The minimum absolute atomic E-state index is 0.147. The van der Waals surface area contributed by atoms with Gasteiger partial charge < -0.3 is 19.7 Å². The number of aryl methyl sites for hydroxylation is 1. The van der Waals surface area contributed by atoms with Crippen molar-refractivity contribution in [1.29, 1.82) is 0 Å². The first-order valence-corrected chi connectivity index (χ1v) is 16.0. The van der Waals surface area contributed by atoms with E-state index >= 15 is 0 Å². The molecule has 3 aromatic rings. The molecule has 1 aromatic heterocycles. The Hall–Kier alpha value is -4.20. The third kappa shape index (κ3) is 8.68. The molecule has 44 heavy (non-hydrogen) atoms. The molecule has 0 atom stereocenters. The minimum atomic E-state index is -0.499. The molecule has 2 heterocycles. The van der Waals surface area contributed by atoms with E-state index in [1.165, 1.54) is 43.4 Å². The molecule has 1 aliphatic carbocycles. The Morgan fingerprint density at radius 3 is 2.41 bits per heavy atom. The fourth-order valence-electron chi connectivity index (χ4n) is 6.04. The Labute approximate surface area is 260 Å². The Kier molecular flexibility index (Phi) is 11.0. The number of hydrogen-bond acceptors (Lipinski definition) is 7. The van der Waals surface area contributed by atoms with E-state index in [2.05, 4.69) is 45.5 Å². The minimum Gasteiger partial charge on any atom is -0.485 e. The SMILES string of the molecule is CCOC(=O)CNC(=O)c1nc(CC2CCN(c3ccc(C=C4CCCCC4)cc3)CC2)nc(C)c1OCc1ccccc1. The van der Waals surface area contributed by atoms with Crippen molar-refractivity contribution in [2.45, 2.75) is 71.8 Å². The van der Waals surface area contributed by atoms with Crippen molar-refractivity contribution in [2.75, 3.05) is 31.1 Å². The topological polar surface area (TPSA) is 93.6 Å². The van der Waals surface area contributed by atoms with Crippen molar-refractivity contribution in [3.05, 3.63) is 88.5 Å². The summed E-state index contributed by atoms with van der Waals surface area (Å²) in [6.07, 6.45) is 11.6. The summed E-state index contributed by atoms with van der Waals surface area (Å²) in [5, 5.41) is 2.64. The molecule has 8 nitrogen and oxygen atoms in total. The zero-order valence-electron chi connectivity index (χ0n) is 26.0. The molecule has 1 aliphatic heterocycles. The second kappa shape index (κ2) is 15.5. The molecule has 2 aromatic carbocycles. The molecule has 5 rings (SSSR count). The van der Waals surface area contributed by atoms with Crippen LogP contribution in [0.3, 0.4) is 0 Å². The number of carbonyl (C=O) groups excluding carboxylic acids is 2. The predicted molar refractivity (Wildman–Crippen MR) is 173 cm³/mol. The van der Waals surface area contributed by atoms with Crippen molar-refractivity contribution in [3.8, 4) is 5.75 Å². The second-order valence-electron chi connectivity index (χ2n) is 11.8. The Morgan fingerprint density at radius 2 is 1.70 bits per heavy atom. The van der Waals surface area contributed by atoms with Crippen molar-refractivity contribution < 1.29 is 19.1 Å². The van der Waals surface area contributed by atoms with Gasteiger partial charge in [0.15, 0.2) is 11.4 Å². The van der Waals surface area contributed by atoms with Gasteiger partial charge >= 0.3 is 5.97 Å². The van der Waals surface area contributed by atoms with Crippen LogP contribution in [0.2, 0.25) is 0 Å². The third-order valence-electron chi connectivity index (χ3n) is 8.43. The largest absolute Gasteiger partial charge is 0.485 e. The van der Waals surface area contributed by atoms with Crippen molar-refractivity contribution in [2.24, 2.45) is 5.92 Å². The van der Waals surface area contributed by atoms with Crippen LogP contribution in [0.25, 0.3) is 6.08 Å². The fourth-order valence-corrected chi connectivity index (χ4v) is 6.04. The lowest BCUT2D eigenvalue weighted by Crippen LogP contribution is -2.35. The highest BCUT2D eigenvalue weighted by atomic mass is 16.5. The molecular weight excluding hydrogens is 552 g/mol. The molecule has 2 fully saturated rings. The molecule has 0 radical (unpaired) electrons. The normalized spacial score (nSPS) is 15.5. The van der Waals surface area contributed by atoms with Crippen molar-refractivity contribution in [1.82, 2.24) is 15.3 Å². The number of ether oxygens (including phenoxy) is 2. The van der Waals surface area contributed by atoms with E-state index in [-0.39, 0.29) is 25.5 Å². The van der Waals surface area contributed by atoms with Crippen LogP contribution in [0, 0.1) is 12.8 Å². The summed E-state index contributed by atoms with van der Waals surface area (Å²) in [6.45, 7) is 5.79. The number of nitrogens with one attached hydrogen (secondary N) is 1. The maximum absolute atomic E-state index is 13.2. The highest BCUT2D eigenvalue weighted by molar-refractivity contribution is 5.96. The van der Waals surface area contributed by atoms with E-state index < -0.39 is 11.9 Å². The van der Waals surface area contributed by atoms with Crippen molar-refractivity contribution >= 4 is 23.6 Å². The number of benzene rings is 2. The van der Waals surface area contributed by atoms with E-state index in [4.69, 9.17) is 14.5 Å².